The summed E-state index contributed by atoms with van der Waals surface area (Å²) in [6.45, 7) is 21.7. The minimum atomic E-state index is -1.51. The molecule has 0 amide bonds. The number of hydrogen-bond donors (Lipinski definition) is 0. The van der Waals surface area contributed by atoms with Gasteiger partial charge >= 0.3 is 0 Å². The van der Waals surface area contributed by atoms with Crippen molar-refractivity contribution in [3.05, 3.63) is 156 Å². The number of hydrogen-bond acceptors (Lipinski definition) is 1. The molecule has 7 aromatic carbocycles. The van der Waals surface area contributed by atoms with Crippen LogP contribution in [0, 0.1) is 6.92 Å². The van der Waals surface area contributed by atoms with Crippen molar-refractivity contribution in [3.63, 3.8) is 0 Å². The van der Waals surface area contributed by atoms with E-state index in [-0.39, 0.29) is 5.41 Å². The summed E-state index contributed by atoms with van der Waals surface area (Å²) in [5.41, 5.74) is 13.8. The molecule has 0 saturated carbocycles. The summed E-state index contributed by atoms with van der Waals surface area (Å²) in [7, 11) is -3.03. The van der Waals surface area contributed by atoms with Gasteiger partial charge < -0.3 is 9.47 Å². The number of rotatable bonds is 6. The Balaban J connectivity index is 1.27. The Kier molecular flexibility index (Phi) is 7.80. The third-order valence-electron chi connectivity index (χ3n) is 11.9. The lowest BCUT2D eigenvalue weighted by molar-refractivity contribution is 0.660. The van der Waals surface area contributed by atoms with Gasteiger partial charge in [-0.2, -0.15) is 0 Å². The smallest absolute Gasteiger partial charge is 0.0776 e. The van der Waals surface area contributed by atoms with Crippen molar-refractivity contribution in [3.8, 4) is 16.8 Å². The van der Waals surface area contributed by atoms with Crippen molar-refractivity contribution in [1.29, 1.82) is 0 Å². The molecule has 0 saturated heterocycles. The van der Waals surface area contributed by atoms with Gasteiger partial charge in [-0.15, -0.1) is 0 Å². The highest BCUT2D eigenvalue weighted by atomic mass is 28.3. The van der Waals surface area contributed by atoms with Crippen LogP contribution in [0.25, 0.3) is 49.4 Å². The van der Waals surface area contributed by atoms with E-state index in [0.29, 0.717) is 0 Å². The topological polar surface area (TPSA) is 8.17 Å². The molecule has 1 heterocycles. The Labute approximate surface area is 322 Å². The van der Waals surface area contributed by atoms with Crippen LogP contribution in [0.15, 0.2) is 140 Å². The lowest BCUT2D eigenvalue weighted by Crippen LogP contribution is -2.37. The van der Waals surface area contributed by atoms with Gasteiger partial charge in [-0.05, 0) is 89.2 Å². The molecule has 4 heteroatoms. The number of anilines is 3. The largest absolute Gasteiger partial charge is 0.310 e. The first-order chi connectivity index (χ1) is 25.7. The zero-order chi connectivity index (χ0) is 37.7. The van der Waals surface area contributed by atoms with Crippen LogP contribution in [0.5, 0.6) is 0 Å². The summed E-state index contributed by atoms with van der Waals surface area (Å²) < 4.78 is 2.53. The van der Waals surface area contributed by atoms with E-state index in [0.717, 1.165) is 11.4 Å². The van der Waals surface area contributed by atoms with Gasteiger partial charge in [0.25, 0.3) is 0 Å². The number of aryl methyl sites for hydroxylation is 1. The van der Waals surface area contributed by atoms with Crippen LogP contribution in [0.3, 0.4) is 0 Å². The molecule has 8 aromatic rings. The van der Waals surface area contributed by atoms with Crippen LogP contribution in [-0.2, 0) is 5.41 Å². The highest BCUT2D eigenvalue weighted by molar-refractivity contribution is 6.89. The van der Waals surface area contributed by atoms with Crippen molar-refractivity contribution >= 4 is 76.2 Å². The maximum atomic E-state index is 2.53. The van der Waals surface area contributed by atoms with Gasteiger partial charge in [0.15, 0.2) is 0 Å². The molecule has 0 unspecified atom stereocenters. The predicted octanol–water partition coefficient (Wildman–Crippen LogP) is 13.1. The van der Waals surface area contributed by atoms with Crippen LogP contribution < -0.4 is 15.3 Å². The molecule has 9 rings (SSSR count). The minimum absolute atomic E-state index is 0.218. The molecule has 268 valence electrons. The second kappa shape index (κ2) is 12.2. The van der Waals surface area contributed by atoms with Crippen LogP contribution >= 0.6 is 0 Å². The van der Waals surface area contributed by atoms with Crippen molar-refractivity contribution < 1.29 is 0 Å². The highest BCUT2D eigenvalue weighted by Crippen LogP contribution is 2.55. The molecule has 0 bridgehead atoms. The Morgan fingerprint density at radius 1 is 0.500 bits per heavy atom. The zero-order valence-electron chi connectivity index (χ0n) is 33.2. The molecule has 54 heavy (non-hydrogen) atoms. The quantitative estimate of drug-likeness (QED) is 0.154. The second-order valence-corrected chi connectivity index (χ2v) is 28.2. The molecule has 1 aromatic heterocycles. The van der Waals surface area contributed by atoms with Gasteiger partial charge in [-0.3, -0.25) is 0 Å². The van der Waals surface area contributed by atoms with Crippen molar-refractivity contribution in [2.45, 2.75) is 65.5 Å². The van der Waals surface area contributed by atoms with E-state index in [1.165, 1.54) is 82.1 Å². The number of fused-ring (bicyclic) bond motifs is 8. The lowest BCUT2D eigenvalue weighted by Gasteiger charge is -2.30. The van der Waals surface area contributed by atoms with E-state index in [4.69, 9.17) is 0 Å². The minimum Gasteiger partial charge on any atom is -0.310 e. The maximum Gasteiger partial charge on any atom is 0.0776 e. The molecule has 1 aliphatic rings. The van der Waals surface area contributed by atoms with E-state index in [1.807, 2.05) is 0 Å². The third-order valence-corrected chi connectivity index (χ3v) is 16.0. The maximum absolute atomic E-state index is 2.53. The van der Waals surface area contributed by atoms with E-state index in [1.54, 1.807) is 0 Å². The Bertz CT molecular complexity index is 2690. The van der Waals surface area contributed by atoms with Crippen LogP contribution in [0.2, 0.25) is 39.3 Å². The molecule has 0 spiro atoms. The number of benzene rings is 7. The lowest BCUT2D eigenvalue weighted by atomic mass is 9.81. The first-order valence-corrected chi connectivity index (χ1v) is 26.4. The Hall–Kier alpha value is -5.17. The Morgan fingerprint density at radius 3 is 1.65 bits per heavy atom. The fourth-order valence-electron chi connectivity index (χ4n) is 8.81. The summed E-state index contributed by atoms with van der Waals surface area (Å²) in [5, 5.41) is 8.33. The predicted molar refractivity (Wildman–Crippen MR) is 241 cm³/mol. The van der Waals surface area contributed by atoms with E-state index >= 15 is 0 Å². The average molecular weight is 735 g/mol. The van der Waals surface area contributed by atoms with Gasteiger partial charge in [-0.25, -0.2) is 0 Å². The second-order valence-electron chi connectivity index (χ2n) is 18.0. The van der Waals surface area contributed by atoms with E-state index in [2.05, 4.69) is 209 Å². The molecular weight excluding hydrogens is 685 g/mol. The van der Waals surface area contributed by atoms with Crippen LogP contribution in [0.4, 0.5) is 17.1 Å². The molecule has 1 aliphatic carbocycles. The standard InChI is InChI=1S/C50H50N2Si2/c1-33-19-21-35(22-20-33)51(34-15-11-10-12-16-34)48-32-45-49(40-18-14-13-17-39(40)48)41-26-23-36(29-44(41)50(45,2)3)52-46-27-24-37(53(4,5)6)30-42(46)43-31-38(54(7,8)9)25-28-47(43)52/h10-32H,1-9H3. The molecule has 0 fully saturated rings. The normalized spacial score (nSPS) is 13.8. The van der Waals surface area contributed by atoms with Gasteiger partial charge in [0.2, 0.25) is 0 Å². The third kappa shape index (κ3) is 5.41. The summed E-state index contributed by atoms with van der Waals surface area (Å²) in [5.74, 6) is 0. The first kappa shape index (κ1) is 34.6. The summed E-state index contributed by atoms with van der Waals surface area (Å²) in [4.78, 5) is 2.44. The number of aromatic nitrogens is 1. The summed E-state index contributed by atoms with van der Waals surface area (Å²) >= 11 is 0. The van der Waals surface area contributed by atoms with E-state index < -0.39 is 16.1 Å². The average Bonchev–Trinajstić information content (AvgIpc) is 3.59. The van der Waals surface area contributed by atoms with Gasteiger partial charge in [0.05, 0.1) is 32.9 Å². The molecule has 0 aliphatic heterocycles. The van der Waals surface area contributed by atoms with Gasteiger partial charge in [-0.1, -0.05) is 154 Å². The zero-order valence-corrected chi connectivity index (χ0v) is 35.2. The van der Waals surface area contributed by atoms with Crippen molar-refractivity contribution in [2.24, 2.45) is 0 Å². The summed E-state index contributed by atoms with van der Waals surface area (Å²) in [6, 6.07) is 53.2. The van der Waals surface area contributed by atoms with Crippen LogP contribution in [0.1, 0.15) is 30.5 Å². The molecule has 2 nitrogen and oxygen atoms in total. The highest BCUT2D eigenvalue weighted by Gasteiger charge is 2.38. The SMILES string of the molecule is Cc1ccc(N(c2ccccc2)c2cc3c(c4ccccc24)-c2ccc(-n4c5ccc([Si](C)(C)C)cc5c5cc([Si](C)(C)C)ccc54)cc2C3(C)C)cc1. The number of para-hydroxylation sites is 1. The molecule has 0 N–H and O–H groups in total. The fraction of sp³-hybridized carbons (Fsp3) is 0.200. The van der Waals surface area contributed by atoms with Gasteiger partial charge in [0, 0.05) is 38.6 Å². The molecule has 0 atom stereocenters. The van der Waals surface area contributed by atoms with Gasteiger partial charge in [0.1, 0.15) is 0 Å². The molecule has 0 radical (unpaired) electrons. The monoisotopic (exact) mass is 734 g/mol. The van der Waals surface area contributed by atoms with Crippen molar-refractivity contribution in [2.75, 3.05) is 4.90 Å². The Morgan fingerprint density at radius 2 is 1.06 bits per heavy atom. The van der Waals surface area contributed by atoms with Crippen LogP contribution in [-0.4, -0.2) is 20.7 Å². The van der Waals surface area contributed by atoms with Crippen molar-refractivity contribution in [1.82, 2.24) is 4.57 Å². The number of nitrogens with zero attached hydrogens (tertiary/aromatic N) is 2. The van der Waals surface area contributed by atoms with E-state index in [9.17, 15) is 0 Å². The fourth-order valence-corrected chi connectivity index (χ4v) is 11.1. The summed E-state index contributed by atoms with van der Waals surface area (Å²) in [6.07, 6.45) is 0. The first-order valence-electron chi connectivity index (χ1n) is 19.4. The molecular formula is C50H50N2Si2.